The van der Waals surface area contributed by atoms with Crippen LogP contribution < -0.4 is 10.2 Å². The highest BCUT2D eigenvalue weighted by atomic mass is 16.1. The molecule has 1 aromatic carbocycles. The van der Waals surface area contributed by atoms with E-state index in [9.17, 15) is 4.79 Å². The van der Waals surface area contributed by atoms with E-state index in [0.717, 1.165) is 16.6 Å². The maximum Gasteiger partial charge on any atom is 0.258 e. The lowest BCUT2D eigenvalue weighted by atomic mass is 9.48. The van der Waals surface area contributed by atoms with Crippen LogP contribution in [-0.4, -0.2) is 95.7 Å². The number of aromatic nitrogens is 6. The summed E-state index contributed by atoms with van der Waals surface area (Å²) in [6, 6.07) is 9.11. The van der Waals surface area contributed by atoms with E-state index in [0.29, 0.717) is 43.1 Å². The number of carbonyl (C=O) groups excluding carboxylic acids is 1. The number of aryl methyl sites for hydroxylation is 1. The Bertz CT molecular complexity index is 1380. The molecule has 1 saturated heterocycles. The van der Waals surface area contributed by atoms with Crippen molar-refractivity contribution in [2.45, 2.75) is 5.24 Å². The number of hydrogen-bond donors (Lipinski definition) is 1. The van der Waals surface area contributed by atoms with Gasteiger partial charge in [0.15, 0.2) is 0 Å². The van der Waals surface area contributed by atoms with Crippen LogP contribution in [0.25, 0.3) is 22.2 Å². The lowest BCUT2D eigenvalue weighted by Gasteiger charge is -2.43. The Balaban J connectivity index is 1.31. The Morgan fingerprint density at radius 2 is 1.86 bits per heavy atom. The molecule has 168 valence electrons. The maximum absolute atomic E-state index is 12.9. The first-order valence-corrected chi connectivity index (χ1v) is 11.0. The van der Waals surface area contributed by atoms with Gasteiger partial charge in [-0.3, -0.25) is 14.8 Å². The van der Waals surface area contributed by atoms with Crippen LogP contribution in [-0.2, 0) is 7.05 Å². The summed E-state index contributed by atoms with van der Waals surface area (Å²) >= 11 is 0. The van der Waals surface area contributed by atoms with Crippen molar-refractivity contribution in [1.29, 1.82) is 0 Å². The number of nitrogens with one attached hydrogen (secondary N) is 1. The van der Waals surface area contributed by atoms with E-state index in [1.54, 1.807) is 34.1 Å². The molecule has 0 spiro atoms. The van der Waals surface area contributed by atoms with Gasteiger partial charge in [-0.2, -0.15) is 0 Å². The molecule has 0 bridgehead atoms. The summed E-state index contributed by atoms with van der Waals surface area (Å²) in [6.45, 7) is 2.44. The molecular formula is C22H20B3N9O. The molecule has 10 nitrogen and oxygen atoms in total. The molecule has 1 aliphatic heterocycles. The molecule has 1 N–H and O–H groups in total. The van der Waals surface area contributed by atoms with Crippen LogP contribution in [0.2, 0.25) is 0 Å². The van der Waals surface area contributed by atoms with E-state index in [-0.39, 0.29) is 11.9 Å². The number of amides is 1. The van der Waals surface area contributed by atoms with Gasteiger partial charge in [0, 0.05) is 62.1 Å². The average molecular weight is 459 g/mol. The zero-order chi connectivity index (χ0) is 24.6. The molecule has 0 aliphatic carbocycles. The van der Waals surface area contributed by atoms with Crippen LogP contribution in [0, 0.1) is 0 Å². The van der Waals surface area contributed by atoms with Crippen molar-refractivity contribution < 1.29 is 4.79 Å². The average Bonchev–Trinajstić information content (AvgIpc) is 3.29. The highest BCUT2D eigenvalue weighted by Crippen LogP contribution is 2.22. The standard InChI is InChI=1S/C22H20B3N9O/c1-32-13-18(30-31-32)14-2-3-16-12-27-21(28-17(16)10-14)29-20(35)15-4-5-26-19(11-15)33-6-8-34(9-7-33)22(23,24)25/h2-5,10-13H,6-9H2,1H3,(H,27,28,29,35). The molecule has 5 rings (SSSR count). The summed E-state index contributed by atoms with van der Waals surface area (Å²) in [5.74, 6) is 0.555. The first-order chi connectivity index (χ1) is 16.8. The van der Waals surface area contributed by atoms with Gasteiger partial charge in [-0.1, -0.05) is 22.6 Å². The van der Waals surface area contributed by atoms with E-state index in [2.05, 4.69) is 35.5 Å². The summed E-state index contributed by atoms with van der Waals surface area (Å²) in [6.07, 6.45) is 5.09. The molecule has 1 fully saturated rings. The van der Waals surface area contributed by atoms with Crippen molar-refractivity contribution >= 4 is 52.1 Å². The van der Waals surface area contributed by atoms with Crippen molar-refractivity contribution in [2.24, 2.45) is 7.05 Å². The SMILES string of the molecule is [B]C([B])([B])N1CCN(c2cc(C(=O)Nc3ncc4ccc(-c5cn(C)nn5)cc4n3)ccn2)CC1. The molecule has 1 amide bonds. The van der Waals surface area contributed by atoms with Crippen molar-refractivity contribution in [3.8, 4) is 11.3 Å². The lowest BCUT2D eigenvalue weighted by Crippen LogP contribution is -2.58. The van der Waals surface area contributed by atoms with Gasteiger partial charge in [0.2, 0.25) is 5.95 Å². The van der Waals surface area contributed by atoms with Gasteiger partial charge in [0.05, 0.1) is 35.3 Å². The fourth-order valence-corrected chi connectivity index (χ4v) is 3.95. The molecule has 4 aromatic rings. The Morgan fingerprint density at radius 1 is 1.06 bits per heavy atom. The van der Waals surface area contributed by atoms with Gasteiger partial charge < -0.3 is 9.80 Å². The molecule has 0 atom stereocenters. The van der Waals surface area contributed by atoms with Gasteiger partial charge >= 0.3 is 0 Å². The number of benzene rings is 1. The number of nitrogens with zero attached hydrogens (tertiary/aromatic N) is 8. The van der Waals surface area contributed by atoms with Crippen LogP contribution in [0.5, 0.6) is 0 Å². The third kappa shape index (κ3) is 5.04. The molecule has 3 aromatic heterocycles. The summed E-state index contributed by atoms with van der Waals surface area (Å²) in [4.78, 5) is 30.0. The first-order valence-electron chi connectivity index (χ1n) is 11.0. The number of pyridine rings is 1. The Labute approximate surface area is 206 Å². The first kappa shape index (κ1) is 23.0. The van der Waals surface area contributed by atoms with Crippen molar-refractivity contribution in [2.75, 3.05) is 36.4 Å². The Hall–Kier alpha value is -3.73. The molecule has 1 aliphatic rings. The molecular weight excluding hydrogens is 439 g/mol. The summed E-state index contributed by atoms with van der Waals surface area (Å²) in [5.41, 5.74) is 2.73. The highest BCUT2D eigenvalue weighted by molar-refractivity contribution is 6.59. The summed E-state index contributed by atoms with van der Waals surface area (Å²) in [5, 5.41) is 10.4. The van der Waals surface area contributed by atoms with E-state index in [1.165, 1.54) is 0 Å². The number of rotatable bonds is 5. The van der Waals surface area contributed by atoms with Gasteiger partial charge in [0.1, 0.15) is 11.5 Å². The third-order valence-electron chi connectivity index (χ3n) is 5.87. The van der Waals surface area contributed by atoms with E-state index >= 15 is 0 Å². The number of hydrogen-bond acceptors (Lipinski definition) is 8. The molecule has 6 radical (unpaired) electrons. The zero-order valence-electron chi connectivity index (χ0n) is 19.2. The minimum Gasteiger partial charge on any atom is -0.354 e. The third-order valence-corrected chi connectivity index (χ3v) is 5.87. The number of piperazine rings is 1. The van der Waals surface area contributed by atoms with Crippen LogP contribution in [0.4, 0.5) is 11.8 Å². The van der Waals surface area contributed by atoms with Gasteiger partial charge in [-0.25, -0.2) is 15.0 Å². The van der Waals surface area contributed by atoms with E-state index in [1.807, 2.05) is 31.4 Å². The van der Waals surface area contributed by atoms with Crippen molar-refractivity contribution in [3.63, 3.8) is 0 Å². The minimum absolute atomic E-state index is 0.205. The van der Waals surface area contributed by atoms with Crippen molar-refractivity contribution in [3.05, 3.63) is 54.5 Å². The normalized spacial score (nSPS) is 14.8. The number of carbonyl (C=O) groups is 1. The van der Waals surface area contributed by atoms with Crippen LogP contribution in [0.3, 0.4) is 0 Å². The van der Waals surface area contributed by atoms with Gasteiger partial charge in [-0.05, 0) is 18.2 Å². The topological polar surface area (TPSA) is 105 Å². The summed E-state index contributed by atoms with van der Waals surface area (Å²) < 4.78 is 1.63. The van der Waals surface area contributed by atoms with Gasteiger partial charge in [0.25, 0.3) is 5.91 Å². The monoisotopic (exact) mass is 459 g/mol. The highest BCUT2D eigenvalue weighted by Gasteiger charge is 2.25. The predicted molar refractivity (Wildman–Crippen MR) is 136 cm³/mol. The molecule has 35 heavy (non-hydrogen) atoms. The fraction of sp³-hybridized carbons (Fsp3) is 0.273. The number of fused-ring (bicyclic) bond motifs is 1. The van der Waals surface area contributed by atoms with Crippen molar-refractivity contribution in [1.82, 2.24) is 34.8 Å². The molecule has 0 unspecified atom stereocenters. The Morgan fingerprint density at radius 3 is 2.57 bits per heavy atom. The Kier molecular flexibility index (Phi) is 6.02. The second-order valence-electron chi connectivity index (χ2n) is 8.46. The van der Waals surface area contributed by atoms with Gasteiger partial charge in [-0.15, -0.1) is 5.10 Å². The maximum atomic E-state index is 12.9. The predicted octanol–water partition coefficient (Wildman–Crippen LogP) is 0.311. The molecule has 4 heterocycles. The van der Waals surface area contributed by atoms with Crippen LogP contribution in [0.1, 0.15) is 10.4 Å². The number of anilines is 2. The van der Waals surface area contributed by atoms with Crippen LogP contribution in [0.15, 0.2) is 48.9 Å². The largest absolute Gasteiger partial charge is 0.354 e. The second kappa shape index (κ2) is 9.14. The zero-order valence-corrected chi connectivity index (χ0v) is 19.2. The van der Waals surface area contributed by atoms with E-state index in [4.69, 9.17) is 23.5 Å². The fourth-order valence-electron chi connectivity index (χ4n) is 3.95. The molecule has 13 heteroatoms. The lowest BCUT2D eigenvalue weighted by molar-refractivity contribution is 0.102. The second-order valence-corrected chi connectivity index (χ2v) is 8.46. The minimum atomic E-state index is -1.35. The van der Waals surface area contributed by atoms with E-state index < -0.39 is 5.24 Å². The summed E-state index contributed by atoms with van der Waals surface area (Å²) in [7, 11) is 19.1. The smallest absolute Gasteiger partial charge is 0.258 e. The van der Waals surface area contributed by atoms with Crippen LogP contribution >= 0.6 is 0 Å². The quantitative estimate of drug-likeness (QED) is 0.426. The molecule has 0 saturated carbocycles.